The SMILES string of the molecule is O=S(=O)(c1ccc(Cl)cc1)N1CC[C@H](Nc2nccc(-c3c(-c4ccc(F)cc4)nc4sccn34)n2)C1. The first-order valence-electron chi connectivity index (χ1n) is 11.5. The lowest BCUT2D eigenvalue weighted by Crippen LogP contribution is -2.32. The third-order valence-electron chi connectivity index (χ3n) is 6.21. The van der Waals surface area contributed by atoms with E-state index in [1.54, 1.807) is 36.5 Å². The van der Waals surface area contributed by atoms with Crippen molar-refractivity contribution in [1.82, 2.24) is 23.7 Å². The molecule has 0 radical (unpaired) electrons. The summed E-state index contributed by atoms with van der Waals surface area (Å²) in [5.74, 6) is 0.0759. The summed E-state index contributed by atoms with van der Waals surface area (Å²) in [5, 5.41) is 5.71. The maximum atomic E-state index is 13.5. The number of fused-ring (bicyclic) bond motifs is 1. The quantitative estimate of drug-likeness (QED) is 0.311. The van der Waals surface area contributed by atoms with E-state index < -0.39 is 10.0 Å². The lowest BCUT2D eigenvalue weighted by Gasteiger charge is -2.17. The molecule has 8 nitrogen and oxygen atoms in total. The number of hydrogen-bond donors (Lipinski definition) is 1. The van der Waals surface area contributed by atoms with Crippen molar-refractivity contribution in [2.45, 2.75) is 17.4 Å². The van der Waals surface area contributed by atoms with Crippen LogP contribution in [0.15, 0.2) is 77.3 Å². The number of sulfonamides is 1. The molecule has 0 aliphatic carbocycles. The second-order valence-corrected chi connectivity index (χ2v) is 11.8. The number of imidazole rings is 1. The Morgan fingerprint density at radius 3 is 2.62 bits per heavy atom. The molecule has 0 bridgehead atoms. The molecule has 0 saturated carbocycles. The van der Waals surface area contributed by atoms with Crippen LogP contribution < -0.4 is 5.32 Å². The summed E-state index contributed by atoms with van der Waals surface area (Å²) in [6, 6.07) is 14.0. The van der Waals surface area contributed by atoms with Gasteiger partial charge >= 0.3 is 0 Å². The van der Waals surface area contributed by atoms with Crippen LogP contribution in [0.2, 0.25) is 5.02 Å². The van der Waals surface area contributed by atoms with Crippen LogP contribution in [0.1, 0.15) is 6.42 Å². The first-order chi connectivity index (χ1) is 17.9. The minimum Gasteiger partial charge on any atom is -0.350 e. The summed E-state index contributed by atoms with van der Waals surface area (Å²) in [4.78, 5) is 14.9. The highest BCUT2D eigenvalue weighted by molar-refractivity contribution is 7.89. The third-order valence-corrected chi connectivity index (χ3v) is 9.10. The predicted octanol–water partition coefficient (Wildman–Crippen LogP) is 5.19. The van der Waals surface area contributed by atoms with Gasteiger partial charge in [-0.1, -0.05) is 11.6 Å². The lowest BCUT2D eigenvalue weighted by atomic mass is 10.1. The van der Waals surface area contributed by atoms with Crippen molar-refractivity contribution < 1.29 is 12.8 Å². The van der Waals surface area contributed by atoms with Gasteiger partial charge < -0.3 is 5.32 Å². The van der Waals surface area contributed by atoms with Gasteiger partial charge in [-0.05, 0) is 61.0 Å². The number of anilines is 1. The Labute approximate surface area is 221 Å². The van der Waals surface area contributed by atoms with Crippen LogP contribution in [0.4, 0.5) is 10.3 Å². The molecule has 3 aromatic heterocycles. The van der Waals surface area contributed by atoms with Crippen molar-refractivity contribution in [1.29, 1.82) is 0 Å². The van der Waals surface area contributed by atoms with Crippen LogP contribution in [0.5, 0.6) is 0 Å². The minimum atomic E-state index is -3.62. The van der Waals surface area contributed by atoms with Gasteiger partial charge in [0, 0.05) is 47.5 Å². The van der Waals surface area contributed by atoms with E-state index in [9.17, 15) is 12.8 Å². The van der Waals surface area contributed by atoms with Gasteiger partial charge in [-0.3, -0.25) is 4.40 Å². The number of halogens is 2. The fraction of sp³-hybridized carbons (Fsp3) is 0.160. The van der Waals surface area contributed by atoms with E-state index in [0.717, 1.165) is 16.2 Å². The maximum absolute atomic E-state index is 13.5. The van der Waals surface area contributed by atoms with Crippen molar-refractivity contribution in [2.75, 3.05) is 18.4 Å². The second kappa shape index (κ2) is 9.49. The largest absolute Gasteiger partial charge is 0.350 e. The first-order valence-corrected chi connectivity index (χ1v) is 14.2. The smallest absolute Gasteiger partial charge is 0.243 e. The molecule has 1 N–H and O–H groups in total. The molecule has 0 unspecified atom stereocenters. The zero-order chi connectivity index (χ0) is 25.6. The zero-order valence-corrected chi connectivity index (χ0v) is 21.6. The molecule has 188 valence electrons. The normalized spacial score (nSPS) is 16.4. The number of aromatic nitrogens is 4. The number of thiazole rings is 1. The number of rotatable bonds is 6. The highest BCUT2D eigenvalue weighted by Crippen LogP contribution is 2.34. The van der Waals surface area contributed by atoms with Crippen molar-refractivity contribution in [3.8, 4) is 22.6 Å². The molecule has 0 amide bonds. The van der Waals surface area contributed by atoms with Gasteiger partial charge in [-0.15, -0.1) is 11.3 Å². The molecule has 1 aliphatic rings. The molecule has 12 heteroatoms. The van der Waals surface area contributed by atoms with E-state index in [-0.39, 0.29) is 16.8 Å². The second-order valence-electron chi connectivity index (χ2n) is 8.58. The monoisotopic (exact) mass is 554 g/mol. The Bertz CT molecular complexity index is 1690. The molecule has 1 saturated heterocycles. The van der Waals surface area contributed by atoms with Gasteiger partial charge in [-0.2, -0.15) is 4.31 Å². The summed E-state index contributed by atoms with van der Waals surface area (Å²) in [6.45, 7) is 0.677. The summed E-state index contributed by atoms with van der Waals surface area (Å²) in [6.07, 6.45) is 4.19. The fourth-order valence-corrected chi connectivity index (χ4v) is 6.74. The summed E-state index contributed by atoms with van der Waals surface area (Å²) in [7, 11) is -3.62. The van der Waals surface area contributed by atoms with Gasteiger partial charge in [0.1, 0.15) is 11.5 Å². The van der Waals surface area contributed by atoms with Crippen LogP contribution in [0.3, 0.4) is 0 Å². The third kappa shape index (κ3) is 4.59. The summed E-state index contributed by atoms with van der Waals surface area (Å²) < 4.78 is 43.0. The topological polar surface area (TPSA) is 92.5 Å². The van der Waals surface area contributed by atoms with Gasteiger partial charge in [0.2, 0.25) is 16.0 Å². The van der Waals surface area contributed by atoms with Gasteiger partial charge in [0.15, 0.2) is 4.96 Å². The Morgan fingerprint density at radius 2 is 1.84 bits per heavy atom. The molecule has 5 aromatic rings. The zero-order valence-electron chi connectivity index (χ0n) is 19.3. The Balaban J connectivity index is 1.26. The van der Waals surface area contributed by atoms with Crippen molar-refractivity contribution in [2.24, 2.45) is 0 Å². The summed E-state index contributed by atoms with van der Waals surface area (Å²) in [5.41, 5.74) is 2.88. The van der Waals surface area contributed by atoms with E-state index in [1.165, 1.54) is 39.9 Å². The number of nitrogens with one attached hydrogen (secondary N) is 1. The Kier molecular flexibility index (Phi) is 6.15. The minimum absolute atomic E-state index is 0.152. The van der Waals surface area contributed by atoms with Gasteiger partial charge in [0.25, 0.3) is 0 Å². The molecular formula is C25H20ClFN6O2S2. The Hall–Kier alpha value is -3.38. The van der Waals surface area contributed by atoms with E-state index in [2.05, 4.69) is 10.3 Å². The molecule has 6 rings (SSSR count). The molecule has 1 fully saturated rings. The maximum Gasteiger partial charge on any atom is 0.243 e. The van der Waals surface area contributed by atoms with E-state index in [1.807, 2.05) is 16.0 Å². The summed E-state index contributed by atoms with van der Waals surface area (Å²) >= 11 is 7.40. The number of benzene rings is 2. The molecular weight excluding hydrogens is 535 g/mol. The van der Waals surface area contributed by atoms with E-state index in [0.29, 0.717) is 41.9 Å². The van der Waals surface area contributed by atoms with Crippen LogP contribution in [0, 0.1) is 5.82 Å². The standard InChI is InChI=1S/C25H20ClFN6O2S2/c26-17-3-7-20(8-4-17)37(34,35)32-12-10-19(15-32)29-24-28-11-9-21(30-24)23-22(16-1-5-18(27)6-2-16)31-25-33(23)13-14-36-25/h1-9,11,13-14,19H,10,12,15H2,(H,28,29,30)/t19-/m0/s1. The molecule has 1 aliphatic heterocycles. The molecule has 0 spiro atoms. The molecule has 37 heavy (non-hydrogen) atoms. The average Bonchev–Trinajstić information content (AvgIpc) is 3.62. The molecule has 4 heterocycles. The fourth-order valence-electron chi connectivity index (χ4n) is 4.40. The first kappa shape index (κ1) is 24.0. The highest BCUT2D eigenvalue weighted by atomic mass is 35.5. The van der Waals surface area contributed by atoms with E-state index >= 15 is 0 Å². The van der Waals surface area contributed by atoms with Gasteiger partial charge in [0.05, 0.1) is 16.3 Å². The van der Waals surface area contributed by atoms with Crippen LogP contribution in [0.25, 0.3) is 27.6 Å². The molecule has 2 aromatic carbocycles. The number of hydrogen-bond acceptors (Lipinski definition) is 7. The molecule has 1 atom stereocenters. The predicted molar refractivity (Wildman–Crippen MR) is 142 cm³/mol. The lowest BCUT2D eigenvalue weighted by molar-refractivity contribution is 0.474. The van der Waals surface area contributed by atoms with Gasteiger partial charge in [-0.25, -0.2) is 27.8 Å². The number of nitrogens with zero attached hydrogens (tertiary/aromatic N) is 5. The van der Waals surface area contributed by atoms with Crippen molar-refractivity contribution in [3.05, 3.63) is 83.2 Å². The average molecular weight is 555 g/mol. The highest BCUT2D eigenvalue weighted by Gasteiger charge is 2.33. The van der Waals surface area contributed by atoms with Crippen molar-refractivity contribution >= 4 is 43.9 Å². The van der Waals surface area contributed by atoms with Crippen molar-refractivity contribution in [3.63, 3.8) is 0 Å². The van der Waals surface area contributed by atoms with Crippen LogP contribution in [-0.4, -0.2) is 51.2 Å². The van der Waals surface area contributed by atoms with Crippen LogP contribution >= 0.6 is 22.9 Å². The Morgan fingerprint density at radius 1 is 1.05 bits per heavy atom. The van der Waals surface area contributed by atoms with E-state index in [4.69, 9.17) is 21.6 Å². The van der Waals surface area contributed by atoms with Crippen LogP contribution in [-0.2, 0) is 10.0 Å².